The predicted molar refractivity (Wildman–Crippen MR) is 35.7 cm³/mol. The van der Waals surface area contributed by atoms with Crippen LogP contribution in [0.4, 0.5) is 0 Å². The van der Waals surface area contributed by atoms with E-state index in [4.69, 9.17) is 5.11 Å². The van der Waals surface area contributed by atoms with Crippen LogP contribution in [0.25, 0.3) is 0 Å². The first-order valence-corrected chi connectivity index (χ1v) is 4.30. The van der Waals surface area contributed by atoms with Crippen LogP contribution in [0.2, 0.25) is 0 Å². The Balaban J connectivity index is 3.75. The third-order valence-corrected chi connectivity index (χ3v) is 2.21. The third-order valence-electron chi connectivity index (χ3n) is 0.841. The Morgan fingerprint density at radius 1 is 1.56 bits per heavy atom. The quantitative estimate of drug-likeness (QED) is 0.610. The van der Waals surface area contributed by atoms with Crippen molar-refractivity contribution in [3.05, 3.63) is 12.0 Å². The molecule has 0 unspecified atom stereocenters. The fourth-order valence-electron chi connectivity index (χ4n) is 0.349. The van der Waals surface area contributed by atoms with E-state index in [2.05, 4.69) is 6.58 Å². The smallest absolute Gasteiger partial charge is 0.171 e. The van der Waals surface area contributed by atoms with Gasteiger partial charge in [-0.3, -0.25) is 0 Å². The van der Waals surface area contributed by atoms with Crippen LogP contribution in [0.1, 0.15) is 6.42 Å². The van der Waals surface area contributed by atoms with Crippen molar-refractivity contribution in [2.24, 2.45) is 0 Å². The normalized spacial score (nSPS) is 11.2. The van der Waals surface area contributed by atoms with Crippen molar-refractivity contribution >= 4 is 9.84 Å². The number of hydrogen-bond donors (Lipinski definition) is 1. The number of aliphatic hydroxyl groups is 1. The van der Waals surface area contributed by atoms with Crippen LogP contribution in [0, 0.1) is 0 Å². The van der Waals surface area contributed by atoms with Gasteiger partial charge >= 0.3 is 0 Å². The molecule has 0 aromatic rings. The lowest BCUT2D eigenvalue weighted by Gasteiger charge is -1.92. The molecule has 0 saturated heterocycles. The summed E-state index contributed by atoms with van der Waals surface area (Å²) in [5.41, 5.74) is 0. The van der Waals surface area contributed by atoms with Crippen LogP contribution in [-0.4, -0.2) is 25.9 Å². The van der Waals surface area contributed by atoms with Gasteiger partial charge in [0.2, 0.25) is 0 Å². The van der Waals surface area contributed by atoms with Crippen molar-refractivity contribution in [2.45, 2.75) is 6.42 Å². The highest BCUT2D eigenvalue weighted by molar-refractivity contribution is 7.94. The standard InChI is InChI=1S/C5H10O3S/c1-2-9(7,8)5-3-4-6/h2,6H,1,3-5H2. The molecular formula is C5H10O3S. The van der Waals surface area contributed by atoms with Crippen LogP contribution in [0.15, 0.2) is 12.0 Å². The second kappa shape index (κ2) is 3.63. The summed E-state index contributed by atoms with van der Waals surface area (Å²) in [6, 6.07) is 0. The average Bonchev–Trinajstić information content (AvgIpc) is 1.84. The molecule has 0 aromatic carbocycles. The maximum atomic E-state index is 10.5. The first-order chi connectivity index (χ1) is 4.12. The summed E-state index contributed by atoms with van der Waals surface area (Å²) in [5.74, 6) is -0.00694. The van der Waals surface area contributed by atoms with Gasteiger partial charge in [-0.25, -0.2) is 8.42 Å². The van der Waals surface area contributed by atoms with Crippen LogP contribution in [0.3, 0.4) is 0 Å². The fourth-order valence-corrected chi connectivity index (χ4v) is 1.05. The lowest BCUT2D eigenvalue weighted by molar-refractivity contribution is 0.295. The number of sulfone groups is 1. The van der Waals surface area contributed by atoms with Crippen LogP contribution in [0.5, 0.6) is 0 Å². The Bertz CT molecular complexity index is 169. The first kappa shape index (κ1) is 8.65. The van der Waals surface area contributed by atoms with E-state index in [1.54, 1.807) is 0 Å². The molecule has 54 valence electrons. The molecule has 0 fully saturated rings. The molecule has 0 amide bonds. The third kappa shape index (κ3) is 4.17. The van der Waals surface area contributed by atoms with Crippen molar-refractivity contribution < 1.29 is 13.5 Å². The summed E-state index contributed by atoms with van der Waals surface area (Å²) in [5, 5.41) is 9.13. The highest BCUT2D eigenvalue weighted by Crippen LogP contribution is 1.92. The van der Waals surface area contributed by atoms with Gasteiger partial charge in [0.05, 0.1) is 5.75 Å². The minimum absolute atomic E-state index is 0.00694. The van der Waals surface area contributed by atoms with E-state index < -0.39 is 9.84 Å². The van der Waals surface area contributed by atoms with E-state index in [0.29, 0.717) is 0 Å². The first-order valence-electron chi connectivity index (χ1n) is 2.58. The molecule has 0 rings (SSSR count). The molecule has 0 bridgehead atoms. The zero-order valence-corrected chi connectivity index (χ0v) is 5.89. The molecule has 0 saturated carbocycles. The van der Waals surface area contributed by atoms with Gasteiger partial charge in [0.15, 0.2) is 9.84 Å². The van der Waals surface area contributed by atoms with Crippen molar-refractivity contribution in [3.8, 4) is 0 Å². The van der Waals surface area contributed by atoms with E-state index in [-0.39, 0.29) is 18.8 Å². The molecular weight excluding hydrogens is 140 g/mol. The monoisotopic (exact) mass is 150 g/mol. The zero-order chi connectivity index (χ0) is 7.33. The maximum Gasteiger partial charge on any atom is 0.171 e. The topological polar surface area (TPSA) is 54.4 Å². The number of rotatable bonds is 4. The molecule has 9 heavy (non-hydrogen) atoms. The lowest BCUT2D eigenvalue weighted by atomic mass is 10.5. The molecule has 0 spiro atoms. The second-order valence-electron chi connectivity index (χ2n) is 1.61. The van der Waals surface area contributed by atoms with Gasteiger partial charge in [0.25, 0.3) is 0 Å². The summed E-state index contributed by atoms with van der Waals surface area (Å²) in [6.45, 7) is 3.03. The van der Waals surface area contributed by atoms with Gasteiger partial charge < -0.3 is 5.11 Å². The van der Waals surface area contributed by atoms with Crippen molar-refractivity contribution in [2.75, 3.05) is 12.4 Å². The number of aliphatic hydroxyl groups excluding tert-OH is 1. The molecule has 0 heterocycles. The molecule has 4 heteroatoms. The lowest BCUT2D eigenvalue weighted by Crippen LogP contribution is -2.02. The molecule has 0 radical (unpaired) electrons. The molecule has 0 aliphatic carbocycles. The largest absolute Gasteiger partial charge is 0.396 e. The van der Waals surface area contributed by atoms with Crippen LogP contribution in [-0.2, 0) is 9.84 Å². The summed E-state index contributed by atoms with van der Waals surface area (Å²) in [6.07, 6.45) is 0.286. The van der Waals surface area contributed by atoms with Gasteiger partial charge in [-0.1, -0.05) is 6.58 Å². The fraction of sp³-hybridized carbons (Fsp3) is 0.600. The Labute approximate surface area is 54.9 Å². The van der Waals surface area contributed by atoms with Gasteiger partial charge in [-0.15, -0.1) is 0 Å². The molecule has 0 aromatic heterocycles. The van der Waals surface area contributed by atoms with Crippen molar-refractivity contribution in [3.63, 3.8) is 0 Å². The van der Waals surface area contributed by atoms with E-state index in [1.165, 1.54) is 0 Å². The molecule has 3 nitrogen and oxygen atoms in total. The van der Waals surface area contributed by atoms with Crippen LogP contribution < -0.4 is 0 Å². The number of hydrogen-bond acceptors (Lipinski definition) is 3. The molecule has 0 atom stereocenters. The Morgan fingerprint density at radius 3 is 2.44 bits per heavy atom. The van der Waals surface area contributed by atoms with Crippen molar-refractivity contribution in [1.29, 1.82) is 0 Å². The predicted octanol–water partition coefficient (Wildman–Crippen LogP) is -0.0729. The van der Waals surface area contributed by atoms with Crippen molar-refractivity contribution in [1.82, 2.24) is 0 Å². The van der Waals surface area contributed by atoms with Gasteiger partial charge in [0.1, 0.15) is 0 Å². The highest BCUT2D eigenvalue weighted by Gasteiger charge is 2.01. The van der Waals surface area contributed by atoms with Crippen LogP contribution >= 0.6 is 0 Å². The summed E-state index contributed by atoms with van der Waals surface area (Å²) >= 11 is 0. The molecule has 0 aliphatic heterocycles. The van der Waals surface area contributed by atoms with E-state index in [0.717, 1.165) is 5.41 Å². The Morgan fingerprint density at radius 2 is 2.11 bits per heavy atom. The van der Waals surface area contributed by atoms with E-state index in [1.807, 2.05) is 0 Å². The van der Waals surface area contributed by atoms with Gasteiger partial charge in [0, 0.05) is 12.0 Å². The Kier molecular flexibility index (Phi) is 3.49. The SMILES string of the molecule is C=CS(=O)(=O)CCCO. The molecule has 1 N–H and O–H groups in total. The highest BCUT2D eigenvalue weighted by atomic mass is 32.2. The average molecular weight is 150 g/mol. The summed E-state index contributed by atoms with van der Waals surface area (Å²) in [7, 11) is -3.08. The van der Waals surface area contributed by atoms with E-state index in [9.17, 15) is 8.42 Å². The Hall–Kier alpha value is -0.350. The zero-order valence-electron chi connectivity index (χ0n) is 5.08. The van der Waals surface area contributed by atoms with Gasteiger partial charge in [-0.2, -0.15) is 0 Å². The minimum Gasteiger partial charge on any atom is -0.396 e. The van der Waals surface area contributed by atoms with E-state index >= 15 is 0 Å². The van der Waals surface area contributed by atoms with Gasteiger partial charge in [-0.05, 0) is 6.42 Å². The molecule has 0 aliphatic rings. The maximum absolute atomic E-state index is 10.5. The second-order valence-corrected chi connectivity index (χ2v) is 3.68. The summed E-state index contributed by atoms with van der Waals surface area (Å²) in [4.78, 5) is 0. The minimum atomic E-state index is -3.08. The summed E-state index contributed by atoms with van der Waals surface area (Å²) < 4.78 is 21.1.